The number of hydrogen-bond acceptors (Lipinski definition) is 4. The van der Waals surface area contributed by atoms with Crippen LogP contribution in [0.25, 0.3) is 0 Å². The van der Waals surface area contributed by atoms with E-state index in [0.29, 0.717) is 11.8 Å². The first-order chi connectivity index (χ1) is 7.38. The van der Waals surface area contributed by atoms with Crippen molar-refractivity contribution in [2.24, 2.45) is 34.8 Å². The molecule has 16 heavy (non-hydrogen) atoms. The quantitative estimate of drug-likeness (QED) is 0.374. The maximum absolute atomic E-state index is 5.91. The van der Waals surface area contributed by atoms with Gasteiger partial charge in [0, 0.05) is 0 Å². The maximum Gasteiger partial charge on any atom is 0.102 e. The van der Waals surface area contributed by atoms with Crippen LogP contribution in [0.2, 0.25) is 0 Å². The van der Waals surface area contributed by atoms with Crippen LogP contribution >= 0.6 is 0 Å². The van der Waals surface area contributed by atoms with E-state index in [4.69, 9.17) is 22.9 Å². The molecule has 0 aromatic carbocycles. The van der Waals surface area contributed by atoms with Gasteiger partial charge < -0.3 is 22.9 Å². The number of hydrogen-bond donors (Lipinski definition) is 4. The highest BCUT2D eigenvalue weighted by Gasteiger charge is 2.31. The molecule has 0 heterocycles. The lowest BCUT2D eigenvalue weighted by Gasteiger charge is -2.37. The molecule has 0 radical (unpaired) electrons. The van der Waals surface area contributed by atoms with Gasteiger partial charge in [-0.05, 0) is 49.7 Å². The Bertz CT molecular complexity index is 291. The molecular formula is C12H22N4. The van der Waals surface area contributed by atoms with Gasteiger partial charge in [-0.15, -0.1) is 0 Å². The standard InChI is InChI=1S/C12H22N4/c13-11(14)5-1-9(2-6-11)10-3-7-12(15,16)8-4-10/h1-2,5-6,9-10H,3-4,7-8,13-16H2. The molecule has 1 fully saturated rings. The first-order valence-corrected chi connectivity index (χ1v) is 5.92. The van der Waals surface area contributed by atoms with Crippen LogP contribution in [0, 0.1) is 11.8 Å². The topological polar surface area (TPSA) is 104 Å². The van der Waals surface area contributed by atoms with E-state index in [2.05, 4.69) is 12.2 Å². The minimum atomic E-state index is -0.767. The minimum absolute atomic E-state index is 0.441. The molecule has 0 spiro atoms. The zero-order valence-corrected chi connectivity index (χ0v) is 9.60. The molecule has 2 rings (SSSR count). The van der Waals surface area contributed by atoms with Crippen LogP contribution in [-0.2, 0) is 0 Å². The Kier molecular flexibility index (Phi) is 2.92. The Hall–Kier alpha value is -0.680. The second-order valence-corrected chi connectivity index (χ2v) is 5.37. The lowest BCUT2D eigenvalue weighted by atomic mass is 9.74. The van der Waals surface area contributed by atoms with Gasteiger partial charge in [0.05, 0.1) is 5.66 Å². The fourth-order valence-corrected chi connectivity index (χ4v) is 2.55. The van der Waals surface area contributed by atoms with E-state index in [1.54, 1.807) is 0 Å². The molecule has 8 N–H and O–H groups in total. The molecule has 2 aliphatic carbocycles. The molecule has 0 atom stereocenters. The summed E-state index contributed by atoms with van der Waals surface area (Å²) in [6, 6.07) is 0. The van der Waals surface area contributed by atoms with Gasteiger partial charge in [-0.1, -0.05) is 12.2 Å². The van der Waals surface area contributed by atoms with Crippen LogP contribution in [-0.4, -0.2) is 11.3 Å². The van der Waals surface area contributed by atoms with E-state index in [9.17, 15) is 0 Å². The zero-order valence-electron chi connectivity index (χ0n) is 9.60. The summed E-state index contributed by atoms with van der Waals surface area (Å²) in [5.74, 6) is 1.07. The number of nitrogens with two attached hydrogens (primary N) is 4. The summed E-state index contributed by atoms with van der Waals surface area (Å²) in [5.41, 5.74) is 22.2. The highest BCUT2D eigenvalue weighted by Crippen LogP contribution is 2.35. The lowest BCUT2D eigenvalue weighted by Crippen LogP contribution is -2.52. The number of rotatable bonds is 1. The lowest BCUT2D eigenvalue weighted by molar-refractivity contribution is 0.218. The molecule has 0 amide bonds. The van der Waals surface area contributed by atoms with E-state index in [1.807, 2.05) is 12.2 Å². The second kappa shape index (κ2) is 3.96. The van der Waals surface area contributed by atoms with E-state index in [0.717, 1.165) is 25.7 Å². The predicted molar refractivity (Wildman–Crippen MR) is 65.9 cm³/mol. The molecule has 4 heteroatoms. The Morgan fingerprint density at radius 2 is 1.38 bits per heavy atom. The Morgan fingerprint density at radius 1 is 0.875 bits per heavy atom. The van der Waals surface area contributed by atoms with Gasteiger partial charge in [-0.25, -0.2) is 0 Å². The van der Waals surface area contributed by atoms with Gasteiger partial charge in [0.2, 0.25) is 0 Å². The largest absolute Gasteiger partial charge is 0.313 e. The normalized spacial score (nSPS) is 29.5. The molecule has 0 aliphatic heterocycles. The van der Waals surface area contributed by atoms with Crippen LogP contribution in [0.5, 0.6) is 0 Å². The van der Waals surface area contributed by atoms with Gasteiger partial charge in [0.25, 0.3) is 0 Å². The van der Waals surface area contributed by atoms with Crippen LogP contribution in [0.15, 0.2) is 24.3 Å². The zero-order chi connectivity index (χ0) is 11.8. The first-order valence-electron chi connectivity index (χ1n) is 5.92. The molecular weight excluding hydrogens is 200 g/mol. The van der Waals surface area contributed by atoms with Crippen molar-refractivity contribution in [1.29, 1.82) is 0 Å². The third kappa shape index (κ3) is 2.71. The first kappa shape index (κ1) is 11.8. The second-order valence-electron chi connectivity index (χ2n) is 5.37. The smallest absolute Gasteiger partial charge is 0.102 e. The van der Waals surface area contributed by atoms with Crippen molar-refractivity contribution >= 4 is 0 Å². The summed E-state index contributed by atoms with van der Waals surface area (Å²) >= 11 is 0. The van der Waals surface area contributed by atoms with Crippen LogP contribution in [0.3, 0.4) is 0 Å². The highest BCUT2D eigenvalue weighted by molar-refractivity contribution is 5.23. The summed E-state index contributed by atoms with van der Waals surface area (Å²) in [5, 5.41) is 0. The van der Waals surface area contributed by atoms with Crippen molar-refractivity contribution in [2.75, 3.05) is 0 Å². The summed E-state index contributed by atoms with van der Waals surface area (Å²) in [6.45, 7) is 0. The Morgan fingerprint density at radius 3 is 1.88 bits per heavy atom. The van der Waals surface area contributed by atoms with Crippen molar-refractivity contribution in [3.8, 4) is 0 Å². The fourth-order valence-electron chi connectivity index (χ4n) is 2.55. The van der Waals surface area contributed by atoms with Crippen molar-refractivity contribution in [1.82, 2.24) is 0 Å². The summed E-state index contributed by atoms with van der Waals surface area (Å²) < 4.78 is 0. The average Bonchev–Trinajstić information content (AvgIpc) is 2.19. The van der Waals surface area contributed by atoms with E-state index in [1.165, 1.54) is 0 Å². The van der Waals surface area contributed by atoms with E-state index < -0.39 is 11.3 Å². The molecule has 0 aromatic rings. The summed E-state index contributed by atoms with van der Waals surface area (Å²) in [4.78, 5) is 0. The van der Waals surface area contributed by atoms with Gasteiger partial charge in [-0.2, -0.15) is 0 Å². The molecule has 0 bridgehead atoms. The average molecular weight is 222 g/mol. The van der Waals surface area contributed by atoms with Gasteiger partial charge >= 0.3 is 0 Å². The van der Waals surface area contributed by atoms with E-state index in [-0.39, 0.29) is 0 Å². The molecule has 4 nitrogen and oxygen atoms in total. The van der Waals surface area contributed by atoms with E-state index >= 15 is 0 Å². The summed E-state index contributed by atoms with van der Waals surface area (Å²) in [6.07, 6.45) is 11.9. The molecule has 0 aromatic heterocycles. The van der Waals surface area contributed by atoms with Crippen molar-refractivity contribution in [2.45, 2.75) is 37.0 Å². The fraction of sp³-hybridized carbons (Fsp3) is 0.667. The van der Waals surface area contributed by atoms with Crippen LogP contribution in [0.1, 0.15) is 25.7 Å². The van der Waals surface area contributed by atoms with Gasteiger partial charge in [-0.3, -0.25) is 0 Å². The SMILES string of the molecule is NC1(N)C=CC(C2CCC(N)(N)CC2)C=C1. The number of allylic oxidation sites excluding steroid dienone is 2. The monoisotopic (exact) mass is 222 g/mol. The maximum atomic E-state index is 5.91. The predicted octanol–water partition coefficient (Wildman–Crippen LogP) is 0.146. The molecule has 0 saturated heterocycles. The van der Waals surface area contributed by atoms with Gasteiger partial charge in [0.15, 0.2) is 0 Å². The molecule has 1 saturated carbocycles. The van der Waals surface area contributed by atoms with Gasteiger partial charge in [0.1, 0.15) is 5.66 Å². The molecule has 2 aliphatic rings. The van der Waals surface area contributed by atoms with Crippen molar-refractivity contribution in [3.63, 3.8) is 0 Å². The third-order valence-corrected chi connectivity index (χ3v) is 3.72. The minimum Gasteiger partial charge on any atom is -0.313 e. The van der Waals surface area contributed by atoms with Crippen molar-refractivity contribution < 1.29 is 0 Å². The van der Waals surface area contributed by atoms with Crippen LogP contribution in [0.4, 0.5) is 0 Å². The Balaban J connectivity index is 1.94. The Labute approximate surface area is 96.7 Å². The molecule has 90 valence electrons. The summed E-state index contributed by atoms with van der Waals surface area (Å²) in [7, 11) is 0. The third-order valence-electron chi connectivity index (χ3n) is 3.72. The molecule has 0 unspecified atom stereocenters. The van der Waals surface area contributed by atoms with Crippen molar-refractivity contribution in [3.05, 3.63) is 24.3 Å². The van der Waals surface area contributed by atoms with Crippen LogP contribution < -0.4 is 22.9 Å². The highest BCUT2D eigenvalue weighted by atomic mass is 15.0.